The SMILES string of the molecule is C=CC.CCCCCCCCCCOC(N)=O. The Morgan fingerprint density at radius 1 is 1.12 bits per heavy atom. The van der Waals surface area contributed by atoms with Crippen LogP contribution in [-0.4, -0.2) is 12.7 Å². The highest BCUT2D eigenvalue weighted by molar-refractivity contribution is 5.64. The fourth-order valence-electron chi connectivity index (χ4n) is 1.41. The quantitative estimate of drug-likeness (QED) is 0.481. The summed E-state index contributed by atoms with van der Waals surface area (Å²) in [7, 11) is 0. The summed E-state index contributed by atoms with van der Waals surface area (Å²) < 4.78 is 4.63. The van der Waals surface area contributed by atoms with E-state index < -0.39 is 6.09 Å². The number of hydrogen-bond acceptors (Lipinski definition) is 2. The fourth-order valence-corrected chi connectivity index (χ4v) is 1.41. The van der Waals surface area contributed by atoms with Crippen molar-refractivity contribution in [2.45, 2.75) is 65.2 Å². The second kappa shape index (κ2) is 17.4. The highest BCUT2D eigenvalue weighted by atomic mass is 16.5. The molecule has 2 N–H and O–H groups in total. The smallest absolute Gasteiger partial charge is 0.404 e. The molecule has 0 bridgehead atoms. The number of carbonyl (C=O) groups is 1. The van der Waals surface area contributed by atoms with Crippen molar-refractivity contribution in [2.24, 2.45) is 5.73 Å². The molecule has 0 aromatic carbocycles. The maximum Gasteiger partial charge on any atom is 0.404 e. The molecule has 0 unspecified atom stereocenters. The van der Waals surface area contributed by atoms with Gasteiger partial charge in [0.15, 0.2) is 0 Å². The minimum absolute atomic E-state index is 0.476. The summed E-state index contributed by atoms with van der Waals surface area (Å²) >= 11 is 0. The minimum atomic E-state index is -0.659. The van der Waals surface area contributed by atoms with Crippen molar-refractivity contribution >= 4 is 6.09 Å². The molecule has 0 fully saturated rings. The highest BCUT2D eigenvalue weighted by Gasteiger charge is 1.94. The van der Waals surface area contributed by atoms with Gasteiger partial charge in [-0.15, -0.1) is 6.58 Å². The van der Waals surface area contributed by atoms with Gasteiger partial charge in [-0.3, -0.25) is 0 Å². The first-order chi connectivity index (χ1) is 8.18. The molecule has 0 aromatic heterocycles. The van der Waals surface area contributed by atoms with E-state index in [-0.39, 0.29) is 0 Å². The second-order valence-corrected chi connectivity index (χ2v) is 4.05. The lowest BCUT2D eigenvalue weighted by molar-refractivity contribution is 0.154. The van der Waals surface area contributed by atoms with Crippen molar-refractivity contribution in [2.75, 3.05) is 6.61 Å². The van der Waals surface area contributed by atoms with Crippen LogP contribution in [0.3, 0.4) is 0 Å². The third-order valence-corrected chi connectivity index (χ3v) is 2.24. The van der Waals surface area contributed by atoms with E-state index in [1.54, 1.807) is 6.08 Å². The lowest BCUT2D eigenvalue weighted by Crippen LogP contribution is -2.13. The van der Waals surface area contributed by atoms with Crippen molar-refractivity contribution in [3.63, 3.8) is 0 Å². The molecule has 0 radical (unpaired) electrons. The topological polar surface area (TPSA) is 52.3 Å². The van der Waals surface area contributed by atoms with Crippen LogP contribution < -0.4 is 5.73 Å². The molecule has 17 heavy (non-hydrogen) atoms. The van der Waals surface area contributed by atoms with E-state index in [1.165, 1.54) is 38.5 Å². The molecule has 0 aliphatic carbocycles. The summed E-state index contributed by atoms with van der Waals surface area (Å²) in [4.78, 5) is 10.2. The van der Waals surface area contributed by atoms with Crippen molar-refractivity contribution < 1.29 is 9.53 Å². The van der Waals surface area contributed by atoms with Gasteiger partial charge in [0.05, 0.1) is 6.61 Å². The summed E-state index contributed by atoms with van der Waals surface area (Å²) in [6.45, 7) is 7.95. The van der Waals surface area contributed by atoms with Crippen LogP contribution in [0.15, 0.2) is 12.7 Å². The normalized spacial score (nSPS) is 9.06. The van der Waals surface area contributed by atoms with E-state index in [0.29, 0.717) is 6.61 Å². The molecule has 0 heterocycles. The van der Waals surface area contributed by atoms with Gasteiger partial charge >= 0.3 is 6.09 Å². The number of amides is 1. The van der Waals surface area contributed by atoms with Gasteiger partial charge in [-0.05, 0) is 13.3 Å². The molecule has 0 saturated carbocycles. The molecule has 0 aliphatic rings. The average molecular weight is 243 g/mol. The van der Waals surface area contributed by atoms with Crippen LogP contribution in [0.1, 0.15) is 65.2 Å². The molecule has 0 rings (SSSR count). The molecule has 0 aliphatic heterocycles. The average Bonchev–Trinajstić information content (AvgIpc) is 2.27. The summed E-state index contributed by atoms with van der Waals surface area (Å²) in [5.74, 6) is 0. The van der Waals surface area contributed by atoms with Gasteiger partial charge < -0.3 is 10.5 Å². The van der Waals surface area contributed by atoms with E-state index in [2.05, 4.69) is 18.2 Å². The van der Waals surface area contributed by atoms with Crippen LogP contribution in [-0.2, 0) is 4.74 Å². The predicted octanol–water partition coefficient (Wildman–Crippen LogP) is 4.41. The zero-order valence-electron chi connectivity index (χ0n) is 11.5. The Morgan fingerprint density at radius 3 is 1.94 bits per heavy atom. The molecule has 0 spiro atoms. The fraction of sp³-hybridized carbons (Fsp3) is 0.786. The van der Waals surface area contributed by atoms with Crippen molar-refractivity contribution in [1.82, 2.24) is 0 Å². The number of nitrogens with two attached hydrogens (primary N) is 1. The molecular weight excluding hydrogens is 214 g/mol. The Kier molecular flexibility index (Phi) is 18.8. The number of rotatable bonds is 9. The van der Waals surface area contributed by atoms with Gasteiger partial charge in [0.25, 0.3) is 0 Å². The Labute approximate surface area is 106 Å². The zero-order chi connectivity index (χ0) is 13.4. The number of unbranched alkanes of at least 4 members (excludes halogenated alkanes) is 7. The van der Waals surface area contributed by atoms with Crippen molar-refractivity contribution in [1.29, 1.82) is 0 Å². The van der Waals surface area contributed by atoms with Crippen LogP contribution >= 0.6 is 0 Å². The Bertz CT molecular complexity index is 170. The highest BCUT2D eigenvalue weighted by Crippen LogP contribution is 2.08. The summed E-state index contributed by atoms with van der Waals surface area (Å²) in [5.41, 5.74) is 4.83. The van der Waals surface area contributed by atoms with Gasteiger partial charge in [0.1, 0.15) is 0 Å². The van der Waals surface area contributed by atoms with E-state index in [0.717, 1.165) is 12.8 Å². The predicted molar refractivity (Wildman–Crippen MR) is 74.0 cm³/mol. The van der Waals surface area contributed by atoms with Gasteiger partial charge in [0.2, 0.25) is 0 Å². The molecule has 3 heteroatoms. The van der Waals surface area contributed by atoms with Crippen molar-refractivity contribution in [3.05, 3.63) is 12.7 Å². The molecule has 1 amide bonds. The molecule has 0 saturated heterocycles. The van der Waals surface area contributed by atoms with E-state index >= 15 is 0 Å². The number of allylic oxidation sites excluding steroid dienone is 1. The largest absolute Gasteiger partial charge is 0.450 e. The monoisotopic (exact) mass is 243 g/mol. The maximum absolute atomic E-state index is 10.2. The first-order valence-electron chi connectivity index (χ1n) is 6.68. The molecule has 0 aromatic rings. The lowest BCUT2D eigenvalue weighted by atomic mass is 10.1. The third-order valence-electron chi connectivity index (χ3n) is 2.24. The number of primary amides is 1. The molecule has 3 nitrogen and oxygen atoms in total. The molecule has 102 valence electrons. The standard InChI is InChI=1S/C11H23NO2.C3H6/c1-2-3-4-5-6-7-8-9-10-14-11(12)13;1-3-2/h2-10H2,1H3,(H2,12,13);3H,1H2,2H3. The molecule has 0 atom stereocenters. The van der Waals surface area contributed by atoms with Crippen LogP contribution in [0.25, 0.3) is 0 Å². The van der Waals surface area contributed by atoms with Crippen LogP contribution in [0.2, 0.25) is 0 Å². The first-order valence-corrected chi connectivity index (χ1v) is 6.68. The van der Waals surface area contributed by atoms with E-state index in [1.807, 2.05) is 6.92 Å². The Hall–Kier alpha value is -0.990. The summed E-state index contributed by atoms with van der Waals surface area (Å²) in [6.07, 6.45) is 11.1. The van der Waals surface area contributed by atoms with Gasteiger partial charge in [-0.25, -0.2) is 4.79 Å². The Balaban J connectivity index is 0. The lowest BCUT2D eigenvalue weighted by Gasteiger charge is -2.01. The zero-order valence-corrected chi connectivity index (χ0v) is 11.5. The maximum atomic E-state index is 10.2. The summed E-state index contributed by atoms with van der Waals surface area (Å²) in [5, 5.41) is 0. The van der Waals surface area contributed by atoms with Gasteiger partial charge in [-0.2, -0.15) is 0 Å². The van der Waals surface area contributed by atoms with Crippen molar-refractivity contribution in [3.8, 4) is 0 Å². The van der Waals surface area contributed by atoms with E-state index in [4.69, 9.17) is 5.73 Å². The summed E-state index contributed by atoms with van der Waals surface area (Å²) in [6, 6.07) is 0. The van der Waals surface area contributed by atoms with Crippen LogP contribution in [0, 0.1) is 0 Å². The second-order valence-electron chi connectivity index (χ2n) is 4.05. The third kappa shape index (κ3) is 25.4. The van der Waals surface area contributed by atoms with Gasteiger partial charge in [-0.1, -0.05) is 57.9 Å². The van der Waals surface area contributed by atoms with Crippen LogP contribution in [0.4, 0.5) is 4.79 Å². The Morgan fingerprint density at radius 2 is 1.53 bits per heavy atom. The van der Waals surface area contributed by atoms with E-state index in [9.17, 15) is 4.79 Å². The number of ether oxygens (including phenoxy) is 1. The first kappa shape index (κ1) is 18.4. The van der Waals surface area contributed by atoms with Gasteiger partial charge in [0, 0.05) is 0 Å². The molecular formula is C14H29NO2. The number of hydrogen-bond donors (Lipinski definition) is 1. The number of carbonyl (C=O) groups excluding carboxylic acids is 1. The van der Waals surface area contributed by atoms with Crippen LogP contribution in [0.5, 0.6) is 0 Å². The minimum Gasteiger partial charge on any atom is -0.450 e.